The van der Waals surface area contributed by atoms with Crippen LogP contribution in [0.4, 0.5) is 0 Å². The van der Waals surface area contributed by atoms with Gasteiger partial charge in [-0.15, -0.1) is 0 Å². The van der Waals surface area contributed by atoms with Crippen molar-refractivity contribution in [3.05, 3.63) is 23.8 Å². The molecular weight excluding hydrogens is 322 g/mol. The number of likely N-dealkylation sites (N-methyl/N-ethyl adjacent to an activating group) is 1. The summed E-state index contributed by atoms with van der Waals surface area (Å²) < 4.78 is 16.7. The number of fused-ring (bicyclic) bond motifs is 1. The third kappa shape index (κ3) is 5.59. The minimum absolute atomic E-state index is 0.00158. The fourth-order valence-electron chi connectivity index (χ4n) is 2.99. The normalized spacial score (nSPS) is 20.3. The summed E-state index contributed by atoms with van der Waals surface area (Å²) in [6.07, 6.45) is 0.920. The van der Waals surface area contributed by atoms with Crippen LogP contribution in [0.25, 0.3) is 0 Å². The van der Waals surface area contributed by atoms with Crippen LogP contribution in [0.1, 0.15) is 5.56 Å². The van der Waals surface area contributed by atoms with E-state index in [2.05, 4.69) is 22.6 Å². The molecule has 3 rings (SSSR count). The highest BCUT2D eigenvalue weighted by Gasteiger charge is 2.17. The molecule has 1 atom stereocenters. The van der Waals surface area contributed by atoms with Crippen LogP contribution >= 0.6 is 0 Å². The Morgan fingerprint density at radius 2 is 2.08 bits per heavy atom. The quantitative estimate of drug-likeness (QED) is 0.724. The zero-order valence-corrected chi connectivity index (χ0v) is 14.8. The predicted molar refractivity (Wildman–Crippen MR) is 94.3 cm³/mol. The van der Waals surface area contributed by atoms with Gasteiger partial charge in [-0.3, -0.25) is 4.79 Å². The lowest BCUT2D eigenvalue weighted by Crippen LogP contribution is -2.46. The van der Waals surface area contributed by atoms with Crippen molar-refractivity contribution in [2.24, 2.45) is 0 Å². The van der Waals surface area contributed by atoms with Gasteiger partial charge in [0.2, 0.25) is 5.91 Å². The first kappa shape index (κ1) is 18.0. The number of nitrogens with one attached hydrogen (secondary N) is 2. The smallest absolute Gasteiger partial charge is 0.233 e. The monoisotopic (exact) mass is 349 g/mol. The molecule has 138 valence electrons. The van der Waals surface area contributed by atoms with Crippen molar-refractivity contribution in [1.29, 1.82) is 0 Å². The van der Waals surface area contributed by atoms with E-state index in [-0.39, 0.29) is 12.0 Å². The van der Waals surface area contributed by atoms with Gasteiger partial charge in [0.15, 0.2) is 11.5 Å². The molecule has 2 aliphatic heterocycles. The van der Waals surface area contributed by atoms with Gasteiger partial charge >= 0.3 is 0 Å². The number of amides is 1. The van der Waals surface area contributed by atoms with Crippen LogP contribution in [0.15, 0.2) is 18.2 Å². The topological polar surface area (TPSA) is 72.1 Å². The van der Waals surface area contributed by atoms with Crippen molar-refractivity contribution in [3.8, 4) is 11.5 Å². The summed E-state index contributed by atoms with van der Waals surface area (Å²) in [5, 5.41) is 6.10. The highest BCUT2D eigenvalue weighted by Crippen LogP contribution is 2.30. The zero-order valence-electron chi connectivity index (χ0n) is 14.8. The molecule has 0 unspecified atom stereocenters. The molecule has 1 fully saturated rings. The van der Waals surface area contributed by atoms with Crippen LogP contribution in [0.2, 0.25) is 0 Å². The maximum Gasteiger partial charge on any atom is 0.233 e. The summed E-state index contributed by atoms with van der Waals surface area (Å²) in [7, 11) is 2.08. The second-order valence-corrected chi connectivity index (χ2v) is 6.46. The first-order valence-electron chi connectivity index (χ1n) is 8.87. The number of nitrogens with zero attached hydrogens (tertiary/aromatic N) is 1. The van der Waals surface area contributed by atoms with Crippen LogP contribution in [0.3, 0.4) is 0 Å². The Hall–Kier alpha value is -1.83. The Morgan fingerprint density at radius 3 is 2.92 bits per heavy atom. The van der Waals surface area contributed by atoms with Crippen LogP contribution in [-0.4, -0.2) is 76.5 Å². The number of ether oxygens (including phenoxy) is 3. The second-order valence-electron chi connectivity index (χ2n) is 6.46. The standard InChI is InChI=1S/C18H27N3O4/c1-21-6-7-23-15(13-21)11-19-12-18(22)20-5-4-14-2-3-16-17(10-14)25-9-8-24-16/h2-3,10,15,19H,4-9,11-13H2,1H3,(H,20,22)/t15-/m0/s1. The summed E-state index contributed by atoms with van der Waals surface area (Å²) in [6, 6.07) is 5.92. The van der Waals surface area contributed by atoms with Crippen LogP contribution in [0.5, 0.6) is 11.5 Å². The average Bonchev–Trinajstić information content (AvgIpc) is 2.62. The molecular formula is C18H27N3O4. The van der Waals surface area contributed by atoms with Crippen LogP contribution in [-0.2, 0) is 16.0 Å². The van der Waals surface area contributed by atoms with Crippen LogP contribution in [0, 0.1) is 0 Å². The van der Waals surface area contributed by atoms with Crippen molar-refractivity contribution < 1.29 is 19.0 Å². The van der Waals surface area contributed by atoms with E-state index in [1.807, 2.05) is 18.2 Å². The van der Waals surface area contributed by atoms with Crippen molar-refractivity contribution in [1.82, 2.24) is 15.5 Å². The van der Waals surface area contributed by atoms with Gasteiger partial charge in [-0.1, -0.05) is 6.07 Å². The van der Waals surface area contributed by atoms with E-state index in [1.54, 1.807) is 0 Å². The molecule has 1 aromatic carbocycles. The average molecular weight is 349 g/mol. The molecule has 0 aromatic heterocycles. The number of rotatable bonds is 7. The van der Waals surface area contributed by atoms with Gasteiger partial charge in [-0.2, -0.15) is 0 Å². The molecule has 1 aromatic rings. The lowest BCUT2D eigenvalue weighted by atomic mass is 10.1. The first-order chi connectivity index (χ1) is 12.2. The predicted octanol–water partition coefficient (Wildman–Crippen LogP) is 0.0367. The van der Waals surface area contributed by atoms with Gasteiger partial charge < -0.3 is 29.7 Å². The van der Waals surface area contributed by atoms with Crippen molar-refractivity contribution >= 4 is 5.91 Å². The van der Waals surface area contributed by atoms with Gasteiger partial charge in [0, 0.05) is 26.2 Å². The second kappa shape index (κ2) is 9.03. The first-order valence-corrected chi connectivity index (χ1v) is 8.87. The maximum atomic E-state index is 11.9. The molecule has 0 spiro atoms. The fraction of sp³-hybridized carbons (Fsp3) is 0.611. The van der Waals surface area contributed by atoms with Gasteiger partial charge in [-0.05, 0) is 31.2 Å². The summed E-state index contributed by atoms with van der Waals surface area (Å²) in [6.45, 7) is 5.41. The van der Waals surface area contributed by atoms with Crippen molar-refractivity contribution in [2.75, 3.05) is 59.6 Å². The zero-order chi connectivity index (χ0) is 17.5. The summed E-state index contributed by atoms with van der Waals surface area (Å²) in [5.41, 5.74) is 1.12. The minimum Gasteiger partial charge on any atom is -0.486 e. The number of benzene rings is 1. The van der Waals surface area contributed by atoms with E-state index < -0.39 is 0 Å². The van der Waals surface area contributed by atoms with Gasteiger partial charge in [0.1, 0.15) is 13.2 Å². The molecule has 7 heteroatoms. The highest BCUT2D eigenvalue weighted by atomic mass is 16.6. The number of carbonyl (C=O) groups excluding carboxylic acids is 1. The molecule has 0 radical (unpaired) electrons. The van der Waals surface area contributed by atoms with E-state index in [4.69, 9.17) is 14.2 Å². The molecule has 7 nitrogen and oxygen atoms in total. The summed E-state index contributed by atoms with van der Waals surface area (Å²) in [5.74, 6) is 1.58. The maximum absolute atomic E-state index is 11.9. The Kier molecular flexibility index (Phi) is 6.49. The van der Waals surface area contributed by atoms with Gasteiger partial charge in [0.25, 0.3) is 0 Å². The third-order valence-corrected chi connectivity index (χ3v) is 4.34. The van der Waals surface area contributed by atoms with Crippen molar-refractivity contribution in [2.45, 2.75) is 12.5 Å². The molecule has 25 heavy (non-hydrogen) atoms. The Labute approximate surface area is 148 Å². The Balaban J connectivity index is 1.31. The molecule has 2 aliphatic rings. The van der Waals surface area contributed by atoms with E-state index >= 15 is 0 Å². The summed E-state index contributed by atoms with van der Waals surface area (Å²) in [4.78, 5) is 14.1. The molecule has 0 aliphatic carbocycles. The Bertz CT molecular complexity index is 581. The van der Waals surface area contributed by atoms with Gasteiger partial charge in [-0.25, -0.2) is 0 Å². The molecule has 1 saturated heterocycles. The van der Waals surface area contributed by atoms with E-state index in [0.717, 1.165) is 43.2 Å². The fourth-order valence-corrected chi connectivity index (χ4v) is 2.99. The lowest BCUT2D eigenvalue weighted by Gasteiger charge is -2.30. The number of hydrogen-bond acceptors (Lipinski definition) is 6. The molecule has 2 N–H and O–H groups in total. The highest BCUT2D eigenvalue weighted by molar-refractivity contribution is 5.77. The van der Waals surface area contributed by atoms with E-state index in [9.17, 15) is 4.79 Å². The Morgan fingerprint density at radius 1 is 1.24 bits per heavy atom. The van der Waals surface area contributed by atoms with Gasteiger partial charge in [0.05, 0.1) is 19.3 Å². The van der Waals surface area contributed by atoms with E-state index in [0.29, 0.717) is 32.8 Å². The molecule has 1 amide bonds. The summed E-state index contributed by atoms with van der Waals surface area (Å²) >= 11 is 0. The van der Waals surface area contributed by atoms with Crippen LogP contribution < -0.4 is 20.1 Å². The third-order valence-electron chi connectivity index (χ3n) is 4.34. The number of morpholine rings is 1. The van der Waals surface area contributed by atoms with Crippen molar-refractivity contribution in [3.63, 3.8) is 0 Å². The number of hydrogen-bond donors (Lipinski definition) is 2. The lowest BCUT2D eigenvalue weighted by molar-refractivity contribution is -0.120. The largest absolute Gasteiger partial charge is 0.486 e. The molecule has 0 saturated carbocycles. The SMILES string of the molecule is CN1CCO[C@@H](CNCC(=O)NCCc2ccc3c(c2)OCCO3)C1. The molecule has 2 heterocycles. The number of carbonyl (C=O) groups is 1. The minimum atomic E-state index is 0.00158. The molecule has 0 bridgehead atoms. The van der Waals surface area contributed by atoms with E-state index in [1.165, 1.54) is 0 Å².